The minimum absolute atomic E-state index is 0.586. The summed E-state index contributed by atoms with van der Waals surface area (Å²) in [6.07, 6.45) is 1.85. The van der Waals surface area contributed by atoms with E-state index in [-0.39, 0.29) is 0 Å². The number of hydrogen-bond donors (Lipinski definition) is 0. The van der Waals surface area contributed by atoms with Crippen molar-refractivity contribution in [2.45, 2.75) is 0 Å². The Bertz CT molecular complexity index is 4260. The van der Waals surface area contributed by atoms with Crippen LogP contribution in [0.15, 0.2) is 212 Å². The molecule has 0 aliphatic rings. The van der Waals surface area contributed by atoms with Crippen molar-refractivity contribution in [1.29, 1.82) is 0 Å². The Morgan fingerprint density at radius 1 is 0.418 bits per heavy atom. The van der Waals surface area contributed by atoms with Crippen molar-refractivity contribution >= 4 is 70.9 Å². The fourth-order valence-corrected chi connectivity index (χ4v) is 11.5. The number of ether oxygens (including phenoxy) is 1. The van der Waals surface area contributed by atoms with Crippen LogP contribution < -0.4 is 4.74 Å². The molecule has 14 aromatic rings. The first-order valence-electron chi connectivity index (χ1n) is 22.3. The van der Waals surface area contributed by atoms with Gasteiger partial charge < -0.3 is 4.40 Å². The van der Waals surface area contributed by atoms with Gasteiger partial charge in [0, 0.05) is 27.7 Å². The zero-order valence-electron chi connectivity index (χ0n) is 35.7. The Balaban J connectivity index is 0.923. The first kappa shape index (κ1) is 38.0. The number of nitrogens with zero attached hydrogens (tertiary/aromatic N) is 5. The van der Waals surface area contributed by atoms with Crippen LogP contribution in [0.3, 0.4) is 0 Å². The number of hydrogen-bond acceptors (Lipinski definition) is 2. The molecule has 0 radical (unpaired) electrons. The Hall–Kier alpha value is -8.31. The molecule has 0 unspecified atom stereocenters. The molecule has 14 rings (SSSR count). The average Bonchev–Trinajstić information content (AvgIpc) is 4.09. The number of pyridine rings is 1. The van der Waals surface area contributed by atoms with E-state index < -0.39 is 0 Å². The van der Waals surface area contributed by atoms with Crippen molar-refractivity contribution in [3.8, 4) is 50.9 Å². The minimum atomic E-state index is 0.586. The molecular formula is C60H35N5OPt-2. The van der Waals surface area contributed by atoms with Gasteiger partial charge >= 0.3 is 294 Å². The van der Waals surface area contributed by atoms with E-state index in [2.05, 4.69) is 226 Å². The van der Waals surface area contributed by atoms with Gasteiger partial charge in [0.25, 0.3) is 0 Å². The number of para-hydroxylation sites is 5. The van der Waals surface area contributed by atoms with Gasteiger partial charge in [0.2, 0.25) is 0 Å². The second kappa shape index (κ2) is 14.9. The second-order valence-corrected chi connectivity index (χ2v) is 17.9. The van der Waals surface area contributed by atoms with E-state index in [4.69, 9.17) is 9.72 Å². The predicted octanol–water partition coefficient (Wildman–Crippen LogP) is 14.9. The molecule has 7 heteroatoms. The third-order valence-electron chi connectivity index (χ3n) is 13.2. The van der Waals surface area contributed by atoms with Gasteiger partial charge in [0.1, 0.15) is 0 Å². The van der Waals surface area contributed by atoms with Crippen molar-refractivity contribution in [3.63, 3.8) is 0 Å². The maximum absolute atomic E-state index is 6.76. The predicted molar refractivity (Wildman–Crippen MR) is 268 cm³/mol. The molecule has 318 valence electrons. The molecule has 0 saturated carbocycles. The molecule has 67 heavy (non-hydrogen) atoms. The zero-order chi connectivity index (χ0) is 44.2. The normalized spacial score (nSPS) is 12.0. The Kier molecular flexibility index (Phi) is 8.43. The van der Waals surface area contributed by atoms with Crippen LogP contribution in [0.25, 0.3) is 110 Å². The van der Waals surface area contributed by atoms with Crippen LogP contribution in [-0.2, 0) is 19.4 Å². The molecule has 0 aliphatic carbocycles. The molecule has 0 fully saturated rings. The molecule has 6 nitrogen and oxygen atoms in total. The Morgan fingerprint density at radius 2 is 1.03 bits per heavy atom. The van der Waals surface area contributed by atoms with E-state index in [1.807, 2.05) is 36.5 Å². The summed E-state index contributed by atoms with van der Waals surface area (Å²) in [5, 5.41) is 7.21. The summed E-state index contributed by atoms with van der Waals surface area (Å²) in [7, 11) is 0. The fraction of sp³-hybridized carbons (Fsp3) is 0. The van der Waals surface area contributed by atoms with Gasteiger partial charge in [-0.1, -0.05) is 42.5 Å². The van der Waals surface area contributed by atoms with Gasteiger partial charge in [0.05, 0.1) is 16.6 Å². The van der Waals surface area contributed by atoms with Crippen LogP contribution in [0, 0.1) is 15.9 Å². The number of benzene rings is 9. The van der Waals surface area contributed by atoms with Crippen LogP contribution in [0.4, 0.5) is 0 Å². The monoisotopic (exact) mass is 1040 g/mol. The van der Waals surface area contributed by atoms with E-state index >= 15 is 0 Å². The van der Waals surface area contributed by atoms with Gasteiger partial charge in [0.15, 0.2) is 0 Å². The van der Waals surface area contributed by atoms with Gasteiger partial charge in [-0.25, -0.2) is 0 Å². The average molecular weight is 1040 g/mol. The Morgan fingerprint density at radius 3 is 1.78 bits per heavy atom. The molecule has 0 amide bonds. The van der Waals surface area contributed by atoms with Gasteiger partial charge in [-0.15, -0.1) is 0 Å². The van der Waals surface area contributed by atoms with Crippen molar-refractivity contribution in [1.82, 2.24) is 23.1 Å². The molecule has 0 N–H and O–H groups in total. The fourth-order valence-electron chi connectivity index (χ4n) is 10.4. The third kappa shape index (κ3) is 5.73. The number of aromatic nitrogens is 5. The molecule has 0 atom stereocenters. The summed E-state index contributed by atoms with van der Waals surface area (Å²) in [4.78, 5) is 4.88. The van der Waals surface area contributed by atoms with Crippen LogP contribution in [0.2, 0.25) is 0 Å². The van der Waals surface area contributed by atoms with Crippen molar-refractivity contribution in [2.24, 2.45) is 0 Å². The van der Waals surface area contributed by atoms with E-state index in [9.17, 15) is 0 Å². The summed E-state index contributed by atoms with van der Waals surface area (Å²) in [5.41, 5.74) is 14.3. The number of fused-ring (bicyclic) bond motifs is 10. The molecule has 0 aliphatic heterocycles. The van der Waals surface area contributed by atoms with Crippen LogP contribution in [-0.4, -0.2) is 23.1 Å². The standard InChI is InChI=1S/C60H35N5O.Pt/c1-3-16-39(17-4-1)44-23-14-24-45(40-18-5-2-6-19-40)59(44)63-38-62(53-28-9-10-29-54(53)63)41-20-13-21-42(34-41)66-43-31-32-47-50-36-51-49-26-15-25-48-46-22-7-8-27-52(46)65(60(48)49)57(51)37-56(50)64(55(47)35-43)58-30-11-12-33-61-58;/h1-33,36-37H;/q-2;. The van der Waals surface area contributed by atoms with E-state index in [1.165, 1.54) is 32.6 Å². The number of rotatable bonds is 7. The zero-order valence-corrected chi connectivity index (χ0v) is 37.9. The molecule has 9 aromatic carbocycles. The van der Waals surface area contributed by atoms with Gasteiger partial charge in [-0.05, 0) is 12.1 Å². The van der Waals surface area contributed by atoms with E-state index in [1.54, 1.807) is 0 Å². The van der Waals surface area contributed by atoms with Crippen LogP contribution >= 0.6 is 0 Å². The van der Waals surface area contributed by atoms with Crippen molar-refractivity contribution < 1.29 is 24.1 Å². The van der Waals surface area contributed by atoms with Gasteiger partial charge in [-0.3, -0.25) is 0 Å². The van der Waals surface area contributed by atoms with Crippen LogP contribution in [0.5, 0.6) is 11.5 Å². The first-order valence-corrected chi connectivity index (χ1v) is 23.4. The quantitative estimate of drug-likeness (QED) is 0.149. The van der Waals surface area contributed by atoms with Gasteiger partial charge in [-0.2, -0.15) is 0 Å². The maximum atomic E-state index is 6.76. The summed E-state index contributed by atoms with van der Waals surface area (Å²) in [6, 6.07) is 80.2. The number of imidazole rings is 1. The topological polar surface area (TPSA) is 41.3 Å². The van der Waals surface area contributed by atoms with Crippen LogP contribution in [0.1, 0.15) is 0 Å². The Labute approximate surface area is 395 Å². The van der Waals surface area contributed by atoms with E-state index in [0.29, 0.717) is 11.5 Å². The summed E-state index contributed by atoms with van der Waals surface area (Å²) in [5.74, 6) is 1.99. The molecule has 0 spiro atoms. The SMILES string of the molecule is [Pt]=[c]1n(-c2[c-]c(Oc3[c-]c4c(cc3)c3cc5c6cccc7c8ccccc8n(c5cc3n4-c3ccccn3)c76)ccc2)c2ccccc2n1-c1c(-c2ccccc2)cccc1-c1ccccc1. The molecule has 5 heterocycles. The summed E-state index contributed by atoms with van der Waals surface area (Å²) >= 11 is 2.48. The molecule has 5 aromatic heterocycles. The van der Waals surface area contributed by atoms with Crippen molar-refractivity contribution in [2.75, 3.05) is 0 Å². The van der Waals surface area contributed by atoms with E-state index in [0.717, 1.165) is 81.6 Å². The molecular weight excluding hydrogens is 1000 g/mol. The molecule has 0 bridgehead atoms. The summed E-state index contributed by atoms with van der Waals surface area (Å²) < 4.78 is 17.1. The summed E-state index contributed by atoms with van der Waals surface area (Å²) in [6.45, 7) is 0. The second-order valence-electron chi connectivity index (χ2n) is 16.9. The first-order chi connectivity index (χ1) is 33.2. The molecule has 0 saturated heterocycles. The van der Waals surface area contributed by atoms with Crippen molar-refractivity contribution in [3.05, 3.63) is 228 Å². The third-order valence-corrected chi connectivity index (χ3v) is 14.2.